The molecule has 1 unspecified atom stereocenters. The van der Waals surface area contributed by atoms with E-state index < -0.39 is 11.6 Å². The quantitative estimate of drug-likeness (QED) is 0.262. The Morgan fingerprint density at radius 2 is 1.50 bits per heavy atom. The van der Waals surface area contributed by atoms with Crippen LogP contribution in [0.3, 0.4) is 0 Å². The van der Waals surface area contributed by atoms with Crippen molar-refractivity contribution in [3.63, 3.8) is 0 Å². The van der Waals surface area contributed by atoms with Crippen LogP contribution < -0.4 is 9.47 Å². The number of rotatable bonds is 11. The summed E-state index contributed by atoms with van der Waals surface area (Å²) in [6, 6.07) is 15.6. The monoisotopic (exact) mass is 545 g/mol. The van der Waals surface area contributed by atoms with Gasteiger partial charge in [0.15, 0.2) is 5.89 Å². The summed E-state index contributed by atoms with van der Waals surface area (Å²) in [4.78, 5) is 17.0. The van der Waals surface area contributed by atoms with Crippen LogP contribution in [0.25, 0.3) is 0 Å². The van der Waals surface area contributed by atoms with Gasteiger partial charge in [-0.2, -0.15) is 0 Å². The highest BCUT2D eigenvalue weighted by Crippen LogP contribution is 2.35. The normalized spacial score (nSPS) is 18.2. The second kappa shape index (κ2) is 12.9. The van der Waals surface area contributed by atoms with E-state index in [0.717, 1.165) is 28.7 Å². The Morgan fingerprint density at radius 1 is 0.900 bits per heavy atom. The van der Waals surface area contributed by atoms with Gasteiger partial charge in [-0.3, -0.25) is 0 Å². The molecule has 2 saturated carbocycles. The van der Waals surface area contributed by atoms with Gasteiger partial charge >= 0.3 is 5.97 Å². The molecule has 2 fully saturated rings. The topological polar surface area (TPSA) is 81.8 Å². The number of hydrogen-bond donors (Lipinski definition) is 1. The summed E-state index contributed by atoms with van der Waals surface area (Å²) < 4.78 is 18.0. The van der Waals surface area contributed by atoms with Crippen molar-refractivity contribution in [1.29, 1.82) is 0 Å². The number of aliphatic carboxylic acids is 1. The van der Waals surface area contributed by atoms with Crippen LogP contribution in [-0.4, -0.2) is 28.3 Å². The first kappa shape index (κ1) is 28.3. The minimum absolute atomic E-state index is 0.245. The van der Waals surface area contributed by atoms with Gasteiger partial charge in [-0.15, -0.1) is 0 Å². The number of benzene rings is 2. The molecule has 5 rings (SSSR count). The molecule has 0 bridgehead atoms. The summed E-state index contributed by atoms with van der Waals surface area (Å²) in [5.74, 6) is 3.17. The molecule has 1 heterocycles. The molecule has 2 aliphatic rings. The lowest BCUT2D eigenvalue weighted by Crippen LogP contribution is -2.43. The largest absolute Gasteiger partial charge is 0.493 e. The third kappa shape index (κ3) is 7.07. The van der Waals surface area contributed by atoms with Crippen LogP contribution in [0, 0.1) is 6.92 Å². The van der Waals surface area contributed by atoms with Crippen LogP contribution in [-0.2, 0) is 17.6 Å². The number of oxazole rings is 1. The Balaban J connectivity index is 1.14. The van der Waals surface area contributed by atoms with E-state index in [-0.39, 0.29) is 6.42 Å². The fourth-order valence-corrected chi connectivity index (χ4v) is 6.22. The van der Waals surface area contributed by atoms with Crippen molar-refractivity contribution in [3.05, 3.63) is 77.0 Å². The number of ether oxygens (including phenoxy) is 2. The fourth-order valence-electron chi connectivity index (χ4n) is 6.22. The summed E-state index contributed by atoms with van der Waals surface area (Å²) in [5, 5.41) is 10.0. The first-order valence-electron chi connectivity index (χ1n) is 15.1. The molecule has 1 atom stereocenters. The lowest BCUT2D eigenvalue weighted by Gasteiger charge is -2.27. The van der Waals surface area contributed by atoms with E-state index in [1.807, 2.05) is 43.3 Å². The third-order valence-electron chi connectivity index (χ3n) is 8.69. The zero-order valence-corrected chi connectivity index (χ0v) is 24.0. The average Bonchev–Trinajstić information content (AvgIpc) is 3.35. The van der Waals surface area contributed by atoms with Crippen molar-refractivity contribution in [2.24, 2.45) is 0 Å². The molecule has 3 aromatic rings. The molecule has 6 nitrogen and oxygen atoms in total. The van der Waals surface area contributed by atoms with E-state index >= 15 is 0 Å². The number of hydrogen-bond acceptors (Lipinski definition) is 5. The highest BCUT2D eigenvalue weighted by atomic mass is 16.5. The molecule has 2 aliphatic carbocycles. The number of nitrogens with zero attached hydrogens (tertiary/aromatic N) is 1. The molecular weight excluding hydrogens is 502 g/mol. The van der Waals surface area contributed by atoms with Gasteiger partial charge in [0.05, 0.1) is 12.3 Å². The van der Waals surface area contributed by atoms with Crippen molar-refractivity contribution in [2.45, 2.75) is 108 Å². The van der Waals surface area contributed by atoms with Crippen molar-refractivity contribution >= 4 is 5.97 Å². The molecule has 214 valence electrons. The third-order valence-corrected chi connectivity index (χ3v) is 8.69. The van der Waals surface area contributed by atoms with Gasteiger partial charge in [-0.1, -0.05) is 62.8 Å². The summed E-state index contributed by atoms with van der Waals surface area (Å²) in [6.07, 6.45) is 13.4. The minimum atomic E-state index is -1.38. The van der Waals surface area contributed by atoms with Gasteiger partial charge in [0.1, 0.15) is 17.3 Å². The SMILES string of the molecule is Cc1oc(C2CCCCC2)nc1CCOc1ccc(CC(C)(Oc2ccc(C3CCCCC3)cc2)C(=O)O)cc1. The molecule has 1 N–H and O–H groups in total. The maximum Gasteiger partial charge on any atom is 0.348 e. The smallest absolute Gasteiger partial charge is 0.348 e. The molecule has 1 aromatic heterocycles. The van der Waals surface area contributed by atoms with E-state index in [0.29, 0.717) is 30.6 Å². The summed E-state index contributed by atoms with van der Waals surface area (Å²) in [6.45, 7) is 4.12. The van der Waals surface area contributed by atoms with Crippen LogP contribution in [0.2, 0.25) is 0 Å². The number of aryl methyl sites for hydroxylation is 1. The highest BCUT2D eigenvalue weighted by molar-refractivity contribution is 5.78. The van der Waals surface area contributed by atoms with E-state index in [1.165, 1.54) is 69.8 Å². The van der Waals surface area contributed by atoms with Crippen LogP contribution >= 0.6 is 0 Å². The van der Waals surface area contributed by atoms with E-state index in [9.17, 15) is 9.90 Å². The average molecular weight is 546 g/mol. The summed E-state index contributed by atoms with van der Waals surface area (Å²) in [7, 11) is 0. The zero-order valence-electron chi connectivity index (χ0n) is 24.0. The second-order valence-electron chi connectivity index (χ2n) is 11.9. The fraction of sp³-hybridized carbons (Fsp3) is 0.529. The maximum atomic E-state index is 12.3. The van der Waals surface area contributed by atoms with Gasteiger partial charge in [0.2, 0.25) is 5.60 Å². The molecule has 0 aliphatic heterocycles. The Labute approximate surface area is 238 Å². The summed E-state index contributed by atoms with van der Waals surface area (Å²) in [5.41, 5.74) is 1.79. The van der Waals surface area contributed by atoms with Crippen molar-refractivity contribution in [1.82, 2.24) is 4.98 Å². The van der Waals surface area contributed by atoms with Gasteiger partial charge < -0.3 is 19.0 Å². The van der Waals surface area contributed by atoms with Crippen LogP contribution in [0.4, 0.5) is 0 Å². The van der Waals surface area contributed by atoms with Crippen molar-refractivity contribution in [2.75, 3.05) is 6.61 Å². The zero-order chi connectivity index (χ0) is 28.0. The van der Waals surface area contributed by atoms with E-state index in [2.05, 4.69) is 12.1 Å². The first-order chi connectivity index (χ1) is 19.4. The number of carboxylic acids is 1. The molecule has 6 heteroatoms. The Hall–Kier alpha value is -3.28. The van der Waals surface area contributed by atoms with Crippen LogP contribution in [0.1, 0.15) is 111 Å². The number of aromatic nitrogens is 1. The second-order valence-corrected chi connectivity index (χ2v) is 11.9. The minimum Gasteiger partial charge on any atom is -0.493 e. The molecular formula is C34H43NO5. The van der Waals surface area contributed by atoms with Gasteiger partial charge in [0.25, 0.3) is 0 Å². The maximum absolute atomic E-state index is 12.3. The Morgan fingerprint density at radius 3 is 2.12 bits per heavy atom. The van der Waals surface area contributed by atoms with Crippen molar-refractivity contribution in [3.8, 4) is 11.5 Å². The van der Waals surface area contributed by atoms with Crippen molar-refractivity contribution < 1.29 is 23.8 Å². The molecule has 0 radical (unpaired) electrons. The Kier molecular flexibility index (Phi) is 9.13. The lowest BCUT2D eigenvalue weighted by atomic mass is 9.84. The van der Waals surface area contributed by atoms with Gasteiger partial charge in [0, 0.05) is 18.8 Å². The lowest BCUT2D eigenvalue weighted by molar-refractivity contribution is -0.153. The molecule has 2 aromatic carbocycles. The van der Waals surface area contributed by atoms with E-state index in [4.69, 9.17) is 18.9 Å². The van der Waals surface area contributed by atoms with E-state index in [1.54, 1.807) is 6.92 Å². The number of carbonyl (C=O) groups is 1. The van der Waals surface area contributed by atoms with Gasteiger partial charge in [-0.25, -0.2) is 9.78 Å². The van der Waals surface area contributed by atoms with Crippen LogP contribution in [0.15, 0.2) is 52.9 Å². The van der Waals surface area contributed by atoms with Crippen LogP contribution in [0.5, 0.6) is 11.5 Å². The predicted molar refractivity (Wildman–Crippen MR) is 155 cm³/mol. The summed E-state index contributed by atoms with van der Waals surface area (Å²) >= 11 is 0. The molecule has 0 amide bonds. The molecule has 0 saturated heterocycles. The molecule has 0 spiro atoms. The van der Waals surface area contributed by atoms with Gasteiger partial charge in [-0.05, 0) is 80.8 Å². The highest BCUT2D eigenvalue weighted by Gasteiger charge is 2.36. The molecule has 40 heavy (non-hydrogen) atoms. The number of carboxylic acid groups (broad SMARTS) is 1. The Bertz CT molecular complexity index is 1240. The predicted octanol–water partition coefficient (Wildman–Crippen LogP) is 8.16. The standard InChI is InChI=1S/C34H43NO5/c1-24-31(35-32(39-24)28-11-7-4-8-12-28)21-22-38-29-17-13-25(14-18-29)23-34(2,33(36)37)40-30-19-15-27(16-20-30)26-9-5-3-6-10-26/h13-20,26,28H,3-12,21-23H2,1-2H3,(H,36,37). The first-order valence-corrected chi connectivity index (χ1v) is 15.1.